The second kappa shape index (κ2) is 5.49. The van der Waals surface area contributed by atoms with Crippen molar-refractivity contribution in [3.05, 3.63) is 45.4 Å². The fourth-order valence-corrected chi connectivity index (χ4v) is 2.41. The summed E-state index contributed by atoms with van der Waals surface area (Å²) in [5.74, 6) is 5.53. The summed E-state index contributed by atoms with van der Waals surface area (Å²) in [6.07, 6.45) is 0.781. The first-order chi connectivity index (χ1) is 7.81. The fourth-order valence-electron chi connectivity index (χ4n) is 1.46. The summed E-state index contributed by atoms with van der Waals surface area (Å²) >= 11 is 4.84. The molecule has 1 aromatic carbocycles. The Kier molecular flexibility index (Phi) is 4.00. The normalized spacial score (nSPS) is 12.6. The molecule has 0 radical (unpaired) electrons. The third kappa shape index (κ3) is 2.65. The Morgan fingerprint density at radius 2 is 2.25 bits per heavy atom. The van der Waals surface area contributed by atoms with Crippen molar-refractivity contribution in [3.8, 4) is 0 Å². The van der Waals surface area contributed by atoms with Crippen LogP contribution in [0.3, 0.4) is 0 Å². The van der Waals surface area contributed by atoms with Crippen molar-refractivity contribution in [1.82, 2.24) is 15.0 Å². The Hall–Kier alpha value is -0.820. The van der Waals surface area contributed by atoms with E-state index in [1.807, 2.05) is 23.6 Å². The van der Waals surface area contributed by atoms with Crippen LogP contribution < -0.4 is 11.3 Å². The summed E-state index contributed by atoms with van der Waals surface area (Å²) in [4.78, 5) is 0. The molecule has 1 unspecified atom stereocenters. The molecule has 1 atom stereocenters. The number of nitrogens with two attached hydrogens (primary N) is 1. The SMILES string of the molecule is NNC(Cc1ccccc1Br)c1csnn1. The largest absolute Gasteiger partial charge is 0.271 e. The van der Waals surface area contributed by atoms with Crippen LogP contribution >= 0.6 is 27.5 Å². The minimum Gasteiger partial charge on any atom is -0.271 e. The predicted molar refractivity (Wildman–Crippen MR) is 67.8 cm³/mol. The molecular weight excluding hydrogens is 288 g/mol. The summed E-state index contributed by atoms with van der Waals surface area (Å²) in [7, 11) is 0. The fraction of sp³-hybridized carbons (Fsp3) is 0.200. The van der Waals surface area contributed by atoms with E-state index in [1.54, 1.807) is 0 Å². The summed E-state index contributed by atoms with van der Waals surface area (Å²) < 4.78 is 4.92. The van der Waals surface area contributed by atoms with Crippen molar-refractivity contribution >= 4 is 27.5 Å². The van der Waals surface area contributed by atoms with Gasteiger partial charge in [-0.25, -0.2) is 0 Å². The molecule has 0 amide bonds. The highest BCUT2D eigenvalue weighted by Gasteiger charge is 2.14. The number of hydrogen-bond donors (Lipinski definition) is 2. The molecule has 1 heterocycles. The van der Waals surface area contributed by atoms with E-state index in [1.165, 1.54) is 17.1 Å². The number of rotatable bonds is 4. The van der Waals surface area contributed by atoms with Crippen LogP contribution in [0.4, 0.5) is 0 Å². The minimum absolute atomic E-state index is 0.00236. The molecule has 3 N–H and O–H groups in total. The lowest BCUT2D eigenvalue weighted by Gasteiger charge is -2.13. The molecule has 6 heteroatoms. The zero-order valence-electron chi connectivity index (χ0n) is 8.43. The number of nitrogens with one attached hydrogen (secondary N) is 1. The summed E-state index contributed by atoms with van der Waals surface area (Å²) in [6.45, 7) is 0. The smallest absolute Gasteiger partial charge is 0.0941 e. The van der Waals surface area contributed by atoms with Crippen molar-refractivity contribution < 1.29 is 0 Å². The summed E-state index contributed by atoms with van der Waals surface area (Å²) in [6, 6.07) is 8.07. The highest BCUT2D eigenvalue weighted by molar-refractivity contribution is 9.10. The molecular formula is C10H11BrN4S. The first kappa shape index (κ1) is 11.7. The Morgan fingerprint density at radius 1 is 1.44 bits per heavy atom. The average molecular weight is 299 g/mol. The Labute approximate surface area is 106 Å². The minimum atomic E-state index is -0.00236. The molecule has 2 rings (SSSR count). The van der Waals surface area contributed by atoms with E-state index in [4.69, 9.17) is 5.84 Å². The third-order valence-electron chi connectivity index (χ3n) is 2.32. The number of halogens is 1. The number of nitrogens with zero attached hydrogens (tertiary/aromatic N) is 2. The van der Waals surface area contributed by atoms with Crippen LogP contribution in [-0.4, -0.2) is 9.59 Å². The van der Waals surface area contributed by atoms with Gasteiger partial charge in [-0.3, -0.25) is 11.3 Å². The summed E-state index contributed by atoms with van der Waals surface area (Å²) in [5.41, 5.74) is 4.83. The van der Waals surface area contributed by atoms with E-state index in [9.17, 15) is 0 Å². The second-order valence-electron chi connectivity index (χ2n) is 3.34. The van der Waals surface area contributed by atoms with Crippen LogP contribution in [0.5, 0.6) is 0 Å². The maximum atomic E-state index is 5.53. The molecule has 2 aromatic rings. The van der Waals surface area contributed by atoms with E-state index in [-0.39, 0.29) is 6.04 Å². The van der Waals surface area contributed by atoms with Crippen molar-refractivity contribution in [2.24, 2.45) is 5.84 Å². The van der Waals surface area contributed by atoms with E-state index < -0.39 is 0 Å². The maximum absolute atomic E-state index is 5.53. The molecule has 0 aliphatic rings. The lowest BCUT2D eigenvalue weighted by Crippen LogP contribution is -2.29. The van der Waals surface area contributed by atoms with Gasteiger partial charge in [-0.1, -0.05) is 38.6 Å². The second-order valence-corrected chi connectivity index (χ2v) is 4.81. The highest BCUT2D eigenvalue weighted by atomic mass is 79.9. The number of aromatic nitrogens is 2. The van der Waals surface area contributed by atoms with Gasteiger partial charge in [0.2, 0.25) is 0 Å². The van der Waals surface area contributed by atoms with E-state index in [2.05, 4.69) is 37.0 Å². The van der Waals surface area contributed by atoms with Gasteiger partial charge in [0.1, 0.15) is 0 Å². The van der Waals surface area contributed by atoms with Gasteiger partial charge in [0, 0.05) is 9.85 Å². The van der Waals surface area contributed by atoms with Crippen LogP contribution in [0.15, 0.2) is 34.1 Å². The van der Waals surface area contributed by atoms with E-state index in [0.717, 1.165) is 16.6 Å². The molecule has 84 valence electrons. The molecule has 0 saturated heterocycles. The Balaban J connectivity index is 2.17. The van der Waals surface area contributed by atoms with Gasteiger partial charge in [-0.2, -0.15) is 0 Å². The number of hydrogen-bond acceptors (Lipinski definition) is 5. The van der Waals surface area contributed by atoms with E-state index in [0.29, 0.717) is 0 Å². The molecule has 0 spiro atoms. The van der Waals surface area contributed by atoms with Crippen LogP contribution in [0.2, 0.25) is 0 Å². The van der Waals surface area contributed by atoms with Crippen LogP contribution in [0.25, 0.3) is 0 Å². The molecule has 1 aromatic heterocycles. The molecule has 4 nitrogen and oxygen atoms in total. The van der Waals surface area contributed by atoms with Crippen molar-refractivity contribution in [2.45, 2.75) is 12.5 Å². The average Bonchev–Trinajstić information content (AvgIpc) is 2.81. The van der Waals surface area contributed by atoms with Crippen LogP contribution in [0.1, 0.15) is 17.3 Å². The van der Waals surface area contributed by atoms with Crippen molar-refractivity contribution in [1.29, 1.82) is 0 Å². The molecule has 0 aliphatic carbocycles. The predicted octanol–water partition coefficient (Wildman–Crippen LogP) is 2.05. The van der Waals surface area contributed by atoms with Gasteiger partial charge in [0.05, 0.1) is 11.7 Å². The third-order valence-corrected chi connectivity index (χ3v) is 3.61. The molecule has 16 heavy (non-hydrogen) atoms. The maximum Gasteiger partial charge on any atom is 0.0941 e. The lowest BCUT2D eigenvalue weighted by atomic mass is 10.0. The first-order valence-corrected chi connectivity index (χ1v) is 6.40. The highest BCUT2D eigenvalue weighted by Crippen LogP contribution is 2.22. The standard InChI is InChI=1S/C10H11BrN4S/c11-8-4-2-1-3-7(8)5-9(13-12)10-6-16-15-14-10/h1-4,6,9,13H,5,12H2. The van der Waals surface area contributed by atoms with Crippen molar-refractivity contribution in [3.63, 3.8) is 0 Å². The number of hydrazine groups is 1. The number of benzene rings is 1. The molecule has 0 aliphatic heterocycles. The van der Waals surface area contributed by atoms with Gasteiger partial charge < -0.3 is 0 Å². The quantitative estimate of drug-likeness (QED) is 0.670. The van der Waals surface area contributed by atoms with Crippen LogP contribution in [0, 0.1) is 0 Å². The van der Waals surface area contributed by atoms with Gasteiger partial charge in [0.15, 0.2) is 0 Å². The van der Waals surface area contributed by atoms with Crippen LogP contribution in [-0.2, 0) is 6.42 Å². The zero-order chi connectivity index (χ0) is 11.4. The Bertz CT molecular complexity index is 446. The molecule has 0 bridgehead atoms. The lowest BCUT2D eigenvalue weighted by molar-refractivity contribution is 0.536. The first-order valence-electron chi connectivity index (χ1n) is 4.77. The zero-order valence-corrected chi connectivity index (χ0v) is 10.8. The monoisotopic (exact) mass is 298 g/mol. The summed E-state index contributed by atoms with van der Waals surface area (Å²) in [5, 5.41) is 5.93. The topological polar surface area (TPSA) is 63.8 Å². The molecule has 0 fully saturated rings. The van der Waals surface area contributed by atoms with Gasteiger partial charge >= 0.3 is 0 Å². The molecule has 0 saturated carbocycles. The van der Waals surface area contributed by atoms with Gasteiger partial charge in [-0.05, 0) is 29.6 Å². The van der Waals surface area contributed by atoms with Gasteiger partial charge in [0.25, 0.3) is 0 Å². The van der Waals surface area contributed by atoms with Gasteiger partial charge in [-0.15, -0.1) is 5.10 Å². The Morgan fingerprint density at radius 3 is 2.88 bits per heavy atom. The van der Waals surface area contributed by atoms with Crippen molar-refractivity contribution in [2.75, 3.05) is 0 Å². The van der Waals surface area contributed by atoms with E-state index >= 15 is 0 Å².